The van der Waals surface area contributed by atoms with E-state index in [1.807, 2.05) is 6.92 Å². The monoisotopic (exact) mass is 420 g/mol. The fourth-order valence-electron chi connectivity index (χ4n) is 4.34. The third kappa shape index (κ3) is 6.14. The Labute approximate surface area is 179 Å². The van der Waals surface area contributed by atoms with Crippen molar-refractivity contribution in [3.8, 4) is 5.75 Å². The smallest absolute Gasteiger partial charge is 0.201 e. The largest absolute Gasteiger partial charge is 0.462 e. The highest BCUT2D eigenvalue weighted by atomic mass is 19.2. The summed E-state index contributed by atoms with van der Waals surface area (Å²) in [5.41, 5.74) is 0.347. The molecule has 1 saturated heterocycles. The van der Waals surface area contributed by atoms with Crippen molar-refractivity contribution < 1.29 is 23.0 Å². The SMILES string of the molecule is C/C=C/C1CCC(COC2CCC(c3ccc(O/C=C\CC)c(F)c3F)CO2)CC1. The molecule has 1 aromatic carbocycles. The summed E-state index contributed by atoms with van der Waals surface area (Å²) in [6.45, 7) is 5.08. The molecule has 0 aromatic heterocycles. The molecule has 2 atom stereocenters. The van der Waals surface area contributed by atoms with Crippen molar-refractivity contribution in [1.29, 1.82) is 0 Å². The number of hydrogen-bond acceptors (Lipinski definition) is 3. The molecule has 1 aromatic rings. The van der Waals surface area contributed by atoms with Crippen LogP contribution < -0.4 is 4.74 Å². The zero-order valence-electron chi connectivity index (χ0n) is 18.1. The van der Waals surface area contributed by atoms with Gasteiger partial charge in [0.2, 0.25) is 5.82 Å². The molecule has 0 bridgehead atoms. The lowest BCUT2D eigenvalue weighted by Crippen LogP contribution is -2.30. The van der Waals surface area contributed by atoms with E-state index in [0.717, 1.165) is 13.0 Å². The molecule has 5 heteroatoms. The second-order valence-corrected chi connectivity index (χ2v) is 8.36. The number of ether oxygens (including phenoxy) is 3. The standard InChI is InChI=1S/C25H34F2O3/c1-3-5-15-28-22-13-12-21(24(26)25(22)27)20-11-14-23(30-17-20)29-16-19-9-7-18(6-4-2)8-10-19/h4-6,12-13,15,18-20,23H,3,7-11,14,16-17H2,1-2H3/b6-4+,15-5-. The van der Waals surface area contributed by atoms with Crippen LogP contribution >= 0.6 is 0 Å². The number of allylic oxidation sites excluding steroid dienone is 3. The minimum absolute atomic E-state index is 0.0944. The number of halogens is 2. The van der Waals surface area contributed by atoms with Crippen LogP contribution in [0.5, 0.6) is 5.75 Å². The molecule has 2 fully saturated rings. The van der Waals surface area contributed by atoms with E-state index in [1.54, 1.807) is 12.1 Å². The van der Waals surface area contributed by atoms with E-state index in [1.165, 1.54) is 38.0 Å². The molecule has 0 N–H and O–H groups in total. The van der Waals surface area contributed by atoms with Crippen LogP contribution in [-0.4, -0.2) is 19.5 Å². The number of rotatable bonds is 8. The van der Waals surface area contributed by atoms with Gasteiger partial charge in [-0.2, -0.15) is 4.39 Å². The maximum atomic E-state index is 14.6. The second-order valence-electron chi connectivity index (χ2n) is 8.36. The molecule has 2 aliphatic rings. The van der Waals surface area contributed by atoms with Gasteiger partial charge in [-0.1, -0.05) is 25.1 Å². The quantitative estimate of drug-likeness (QED) is 0.339. The van der Waals surface area contributed by atoms with Gasteiger partial charge in [0.1, 0.15) is 0 Å². The Morgan fingerprint density at radius 1 is 1.07 bits per heavy atom. The van der Waals surface area contributed by atoms with Gasteiger partial charge in [-0.25, -0.2) is 4.39 Å². The van der Waals surface area contributed by atoms with Crippen molar-refractivity contribution in [1.82, 2.24) is 0 Å². The van der Waals surface area contributed by atoms with Gasteiger partial charge in [0.05, 0.1) is 19.5 Å². The molecular weight excluding hydrogens is 386 g/mol. The van der Waals surface area contributed by atoms with Crippen molar-refractivity contribution in [2.24, 2.45) is 11.8 Å². The molecule has 1 heterocycles. The maximum absolute atomic E-state index is 14.6. The van der Waals surface area contributed by atoms with Crippen molar-refractivity contribution in [3.05, 3.63) is 53.8 Å². The molecule has 3 rings (SSSR count). The Morgan fingerprint density at radius 3 is 2.53 bits per heavy atom. The molecule has 166 valence electrons. The number of hydrogen-bond donors (Lipinski definition) is 0. The van der Waals surface area contributed by atoms with Crippen LogP contribution in [0, 0.1) is 23.5 Å². The van der Waals surface area contributed by atoms with Gasteiger partial charge in [-0.15, -0.1) is 0 Å². The Balaban J connectivity index is 1.45. The molecule has 30 heavy (non-hydrogen) atoms. The van der Waals surface area contributed by atoms with E-state index in [-0.39, 0.29) is 18.0 Å². The Hall–Kier alpha value is -1.72. The number of benzene rings is 1. The predicted octanol–water partition coefficient (Wildman–Crippen LogP) is 6.89. The minimum atomic E-state index is -0.944. The molecule has 0 radical (unpaired) electrons. The Morgan fingerprint density at radius 2 is 1.87 bits per heavy atom. The van der Waals surface area contributed by atoms with Crippen LogP contribution in [0.2, 0.25) is 0 Å². The van der Waals surface area contributed by atoms with Crippen LogP contribution in [0.3, 0.4) is 0 Å². The highest BCUT2D eigenvalue weighted by Crippen LogP contribution is 2.35. The topological polar surface area (TPSA) is 27.7 Å². The van der Waals surface area contributed by atoms with Crippen LogP contribution in [0.15, 0.2) is 36.6 Å². The summed E-state index contributed by atoms with van der Waals surface area (Å²) < 4.78 is 45.9. The van der Waals surface area contributed by atoms with Gasteiger partial charge in [0, 0.05) is 5.92 Å². The van der Waals surface area contributed by atoms with Crippen molar-refractivity contribution >= 4 is 0 Å². The molecule has 0 spiro atoms. The van der Waals surface area contributed by atoms with Gasteiger partial charge in [-0.3, -0.25) is 0 Å². The summed E-state index contributed by atoms with van der Waals surface area (Å²) in [4.78, 5) is 0. The van der Waals surface area contributed by atoms with Gasteiger partial charge in [-0.05, 0) is 81.4 Å². The van der Waals surface area contributed by atoms with E-state index < -0.39 is 11.6 Å². The molecule has 1 aliphatic heterocycles. The molecule has 0 amide bonds. The van der Waals surface area contributed by atoms with E-state index >= 15 is 0 Å². The van der Waals surface area contributed by atoms with Crippen LogP contribution in [0.25, 0.3) is 0 Å². The third-order valence-electron chi connectivity index (χ3n) is 6.15. The third-order valence-corrected chi connectivity index (χ3v) is 6.15. The average molecular weight is 421 g/mol. The maximum Gasteiger partial charge on any atom is 0.201 e. The molecule has 1 saturated carbocycles. The Kier molecular flexibility index (Phi) is 8.88. The van der Waals surface area contributed by atoms with E-state index in [0.29, 0.717) is 36.8 Å². The van der Waals surface area contributed by atoms with E-state index in [9.17, 15) is 8.78 Å². The normalized spacial score (nSPS) is 27.7. The predicted molar refractivity (Wildman–Crippen MR) is 114 cm³/mol. The van der Waals surface area contributed by atoms with Gasteiger partial charge >= 0.3 is 0 Å². The zero-order valence-corrected chi connectivity index (χ0v) is 18.1. The summed E-state index contributed by atoms with van der Waals surface area (Å²) >= 11 is 0. The highest BCUT2D eigenvalue weighted by Gasteiger charge is 2.28. The Bertz CT molecular complexity index is 715. The van der Waals surface area contributed by atoms with Crippen LogP contribution in [-0.2, 0) is 9.47 Å². The lowest BCUT2D eigenvalue weighted by Gasteiger charge is -2.32. The van der Waals surface area contributed by atoms with Crippen molar-refractivity contribution in [3.63, 3.8) is 0 Å². The summed E-state index contributed by atoms with van der Waals surface area (Å²) in [6, 6.07) is 3.09. The first-order valence-corrected chi connectivity index (χ1v) is 11.3. The zero-order chi connectivity index (χ0) is 21.3. The highest BCUT2D eigenvalue weighted by molar-refractivity contribution is 5.33. The van der Waals surface area contributed by atoms with Crippen molar-refractivity contribution in [2.75, 3.05) is 13.2 Å². The summed E-state index contributed by atoms with van der Waals surface area (Å²) in [6.07, 6.45) is 14.3. The second kappa shape index (κ2) is 11.6. The van der Waals surface area contributed by atoms with Gasteiger partial charge < -0.3 is 14.2 Å². The molecule has 3 nitrogen and oxygen atoms in total. The van der Waals surface area contributed by atoms with Crippen LogP contribution in [0.4, 0.5) is 8.78 Å². The van der Waals surface area contributed by atoms with Gasteiger partial charge in [0.25, 0.3) is 0 Å². The summed E-state index contributed by atoms with van der Waals surface area (Å²) in [7, 11) is 0. The molecule has 1 aliphatic carbocycles. The first-order valence-electron chi connectivity index (χ1n) is 11.3. The fraction of sp³-hybridized carbons (Fsp3) is 0.600. The van der Waals surface area contributed by atoms with E-state index in [2.05, 4.69) is 19.1 Å². The van der Waals surface area contributed by atoms with Gasteiger partial charge in [0.15, 0.2) is 17.9 Å². The first kappa shape index (κ1) is 23.0. The molecular formula is C25H34F2O3. The van der Waals surface area contributed by atoms with Crippen molar-refractivity contribution in [2.45, 2.75) is 71.0 Å². The van der Waals surface area contributed by atoms with Crippen LogP contribution in [0.1, 0.15) is 70.3 Å². The summed E-state index contributed by atoms with van der Waals surface area (Å²) in [5.74, 6) is -0.747. The molecule has 2 unspecified atom stereocenters. The first-order chi connectivity index (χ1) is 14.6. The summed E-state index contributed by atoms with van der Waals surface area (Å²) in [5, 5.41) is 0. The lowest BCUT2D eigenvalue weighted by molar-refractivity contribution is -0.175. The lowest BCUT2D eigenvalue weighted by atomic mass is 9.82. The van der Waals surface area contributed by atoms with E-state index in [4.69, 9.17) is 14.2 Å². The fourth-order valence-corrected chi connectivity index (χ4v) is 4.34. The average Bonchev–Trinajstić information content (AvgIpc) is 2.77. The minimum Gasteiger partial charge on any atom is -0.462 e.